The van der Waals surface area contributed by atoms with Crippen molar-refractivity contribution in [1.29, 1.82) is 0 Å². The number of hydrogen-bond acceptors (Lipinski definition) is 4. The molecule has 0 spiro atoms. The van der Waals surface area contributed by atoms with E-state index in [0.717, 1.165) is 0 Å². The van der Waals surface area contributed by atoms with E-state index in [1.807, 2.05) is 0 Å². The molecule has 9 heteroatoms. The second-order valence-corrected chi connectivity index (χ2v) is 7.30. The fraction of sp³-hybridized carbons (Fsp3) is 0.133. The quantitative estimate of drug-likeness (QED) is 0.819. The normalized spacial score (nSPS) is 11.1. The molecule has 0 aliphatic carbocycles. The molecule has 2 rings (SSSR count). The van der Waals surface area contributed by atoms with Crippen LogP contribution < -0.4 is 9.04 Å². The van der Waals surface area contributed by atoms with E-state index >= 15 is 0 Å². The summed E-state index contributed by atoms with van der Waals surface area (Å²) >= 11 is 12.0. The summed E-state index contributed by atoms with van der Waals surface area (Å²) in [5.41, 5.74) is -0.0117. The topological polar surface area (TPSA) is 83.9 Å². The van der Waals surface area contributed by atoms with Gasteiger partial charge in [-0.25, -0.2) is 8.42 Å². The molecular weight excluding hydrogens is 377 g/mol. The van der Waals surface area contributed by atoms with Crippen molar-refractivity contribution >= 4 is 44.9 Å². The highest BCUT2D eigenvalue weighted by atomic mass is 35.5. The van der Waals surface area contributed by atoms with E-state index in [0.29, 0.717) is 10.1 Å². The first kappa shape index (κ1) is 18.4. The van der Waals surface area contributed by atoms with Gasteiger partial charge in [0.15, 0.2) is 0 Å². The zero-order valence-corrected chi connectivity index (χ0v) is 14.8. The number of carboxylic acid groups (broad SMARTS) is 1. The van der Waals surface area contributed by atoms with Crippen molar-refractivity contribution < 1.29 is 23.1 Å². The third kappa shape index (κ3) is 3.75. The van der Waals surface area contributed by atoms with Crippen LogP contribution in [0.25, 0.3) is 0 Å². The van der Waals surface area contributed by atoms with E-state index in [1.54, 1.807) is 0 Å². The highest BCUT2D eigenvalue weighted by Crippen LogP contribution is 2.35. The van der Waals surface area contributed by atoms with E-state index in [1.165, 1.54) is 49.6 Å². The lowest BCUT2D eigenvalue weighted by atomic mass is 10.3. The largest absolute Gasteiger partial charge is 0.497 e. The summed E-state index contributed by atoms with van der Waals surface area (Å²) in [4.78, 5) is 11.1. The third-order valence-corrected chi connectivity index (χ3v) is 5.71. The molecule has 0 aliphatic rings. The number of sulfonamides is 1. The number of carboxylic acids is 1. The Hall–Kier alpha value is -1.96. The first-order chi connectivity index (χ1) is 11.3. The van der Waals surface area contributed by atoms with E-state index in [9.17, 15) is 13.2 Å². The van der Waals surface area contributed by atoms with Crippen molar-refractivity contribution in [2.45, 2.75) is 4.90 Å². The Bertz CT molecular complexity index is 853. The summed E-state index contributed by atoms with van der Waals surface area (Å²) in [5, 5.41) is 9.17. The van der Waals surface area contributed by atoms with Crippen LogP contribution in [0.1, 0.15) is 0 Å². The molecule has 1 N–H and O–H groups in total. The number of benzene rings is 2. The molecule has 2 aromatic rings. The number of ether oxygens (including phenoxy) is 1. The minimum atomic E-state index is -4.16. The van der Waals surface area contributed by atoms with Crippen molar-refractivity contribution in [3.63, 3.8) is 0 Å². The van der Waals surface area contributed by atoms with Gasteiger partial charge >= 0.3 is 5.97 Å². The zero-order chi connectivity index (χ0) is 17.9. The predicted molar refractivity (Wildman–Crippen MR) is 91.6 cm³/mol. The third-order valence-electron chi connectivity index (χ3n) is 3.13. The van der Waals surface area contributed by atoms with Gasteiger partial charge in [-0.3, -0.25) is 9.10 Å². The monoisotopic (exact) mass is 389 g/mol. The lowest BCUT2D eigenvalue weighted by Gasteiger charge is -2.24. The molecular formula is C15H13Cl2NO5S. The van der Waals surface area contributed by atoms with Gasteiger partial charge in [-0.15, -0.1) is 0 Å². The molecule has 0 aliphatic heterocycles. The summed E-state index contributed by atoms with van der Waals surface area (Å²) in [5.74, 6) is -0.859. The van der Waals surface area contributed by atoms with Gasteiger partial charge in [0.2, 0.25) is 0 Å². The van der Waals surface area contributed by atoms with Crippen molar-refractivity contribution in [1.82, 2.24) is 0 Å². The Kier molecular flexibility index (Phi) is 5.58. The number of nitrogens with zero attached hydrogens (tertiary/aromatic N) is 1. The summed E-state index contributed by atoms with van der Waals surface area (Å²) < 4.78 is 31.4. The fourth-order valence-electron chi connectivity index (χ4n) is 1.98. The van der Waals surface area contributed by atoms with Crippen molar-refractivity contribution in [3.8, 4) is 5.75 Å². The standard InChI is InChI=1S/C15H13Cl2NO5S/c1-23-10-5-7-11(8-6-10)24(21,22)18(9-14(19)20)13-4-2-3-12(16)15(13)17/h2-8H,9H2,1H3,(H,19,20). The molecule has 0 aromatic heterocycles. The number of aliphatic carboxylic acids is 1. The van der Waals surface area contributed by atoms with Gasteiger partial charge in [-0.1, -0.05) is 29.3 Å². The van der Waals surface area contributed by atoms with Gasteiger partial charge in [0.05, 0.1) is 27.7 Å². The molecule has 0 saturated carbocycles. The van der Waals surface area contributed by atoms with Crippen molar-refractivity contribution in [2.24, 2.45) is 0 Å². The summed E-state index contributed by atoms with van der Waals surface area (Å²) in [6.45, 7) is -0.797. The Morgan fingerprint density at radius 3 is 2.33 bits per heavy atom. The molecule has 2 aromatic carbocycles. The highest BCUT2D eigenvalue weighted by Gasteiger charge is 2.29. The van der Waals surface area contributed by atoms with E-state index in [-0.39, 0.29) is 20.6 Å². The Morgan fingerprint density at radius 1 is 1.17 bits per heavy atom. The Labute approximate surface area is 149 Å². The minimum Gasteiger partial charge on any atom is -0.497 e. The van der Waals surface area contributed by atoms with Gasteiger partial charge < -0.3 is 9.84 Å². The van der Waals surface area contributed by atoms with Crippen molar-refractivity contribution in [3.05, 3.63) is 52.5 Å². The Balaban J connectivity index is 2.57. The molecule has 0 amide bonds. The number of anilines is 1. The van der Waals surface area contributed by atoms with E-state index in [4.69, 9.17) is 33.0 Å². The molecule has 0 atom stereocenters. The molecule has 0 unspecified atom stereocenters. The van der Waals surface area contributed by atoms with Crippen LogP contribution in [0.4, 0.5) is 5.69 Å². The number of hydrogen-bond donors (Lipinski definition) is 1. The predicted octanol–water partition coefficient (Wildman–Crippen LogP) is 3.28. The first-order valence-corrected chi connectivity index (χ1v) is 8.79. The van der Waals surface area contributed by atoms with Gasteiger partial charge in [-0.2, -0.15) is 0 Å². The number of carbonyl (C=O) groups is 1. The molecule has 24 heavy (non-hydrogen) atoms. The highest BCUT2D eigenvalue weighted by molar-refractivity contribution is 7.92. The number of methoxy groups -OCH3 is 1. The van der Waals surface area contributed by atoms with Crippen LogP contribution in [-0.4, -0.2) is 33.1 Å². The minimum absolute atomic E-state index is 0.0117. The van der Waals surface area contributed by atoms with Gasteiger partial charge in [-0.05, 0) is 36.4 Å². The maximum absolute atomic E-state index is 12.9. The molecule has 0 heterocycles. The average molecular weight is 390 g/mol. The number of halogens is 2. The molecule has 6 nitrogen and oxygen atoms in total. The van der Waals surface area contributed by atoms with Crippen LogP contribution in [0.2, 0.25) is 10.0 Å². The zero-order valence-electron chi connectivity index (χ0n) is 12.4. The van der Waals surface area contributed by atoms with Gasteiger partial charge in [0, 0.05) is 0 Å². The van der Waals surface area contributed by atoms with Crippen LogP contribution in [0.3, 0.4) is 0 Å². The number of rotatable bonds is 6. The maximum atomic E-state index is 12.9. The summed E-state index contributed by atoms with van der Waals surface area (Å²) in [6.07, 6.45) is 0. The fourth-order valence-corrected chi connectivity index (χ4v) is 3.86. The van der Waals surface area contributed by atoms with E-state index in [2.05, 4.69) is 0 Å². The maximum Gasteiger partial charge on any atom is 0.324 e. The average Bonchev–Trinajstić information content (AvgIpc) is 2.55. The molecule has 128 valence electrons. The van der Waals surface area contributed by atoms with Crippen LogP contribution in [0.5, 0.6) is 5.75 Å². The van der Waals surface area contributed by atoms with Crippen LogP contribution in [0.15, 0.2) is 47.4 Å². The van der Waals surface area contributed by atoms with Gasteiger partial charge in [0.25, 0.3) is 10.0 Å². The van der Waals surface area contributed by atoms with Crippen molar-refractivity contribution in [2.75, 3.05) is 18.0 Å². The second kappa shape index (κ2) is 7.29. The molecule has 0 fully saturated rings. The van der Waals surface area contributed by atoms with Crippen LogP contribution in [0, 0.1) is 0 Å². The smallest absolute Gasteiger partial charge is 0.324 e. The van der Waals surface area contributed by atoms with Gasteiger partial charge in [0.1, 0.15) is 12.3 Å². The summed E-state index contributed by atoms with van der Waals surface area (Å²) in [7, 11) is -2.71. The van der Waals surface area contributed by atoms with Crippen LogP contribution in [-0.2, 0) is 14.8 Å². The van der Waals surface area contributed by atoms with Crippen LogP contribution >= 0.6 is 23.2 Å². The van der Waals surface area contributed by atoms with E-state index < -0.39 is 22.5 Å². The molecule has 0 radical (unpaired) electrons. The SMILES string of the molecule is COc1ccc(S(=O)(=O)N(CC(=O)O)c2cccc(Cl)c2Cl)cc1. The second-order valence-electron chi connectivity index (χ2n) is 4.65. The lowest BCUT2D eigenvalue weighted by molar-refractivity contribution is -0.135. The Morgan fingerprint density at radius 2 is 1.79 bits per heavy atom. The molecule has 0 saturated heterocycles. The molecule has 0 bridgehead atoms. The first-order valence-electron chi connectivity index (χ1n) is 6.60. The lowest BCUT2D eigenvalue weighted by Crippen LogP contribution is -2.36. The summed E-state index contributed by atoms with van der Waals surface area (Å²) in [6, 6.07) is 9.92.